The molecule has 1 atom stereocenters. The van der Waals surface area contributed by atoms with Crippen LogP contribution in [0.2, 0.25) is 0 Å². The van der Waals surface area contributed by atoms with E-state index in [1.807, 2.05) is 0 Å². The lowest BCUT2D eigenvalue weighted by molar-refractivity contribution is 0.602. The molecule has 1 saturated carbocycles. The van der Waals surface area contributed by atoms with Crippen molar-refractivity contribution in [3.63, 3.8) is 0 Å². The molecule has 0 amide bonds. The molecule has 2 aliphatic rings. The summed E-state index contributed by atoms with van der Waals surface area (Å²) in [6.45, 7) is 2.89. The zero-order chi connectivity index (χ0) is 11.0. The minimum atomic E-state index is 0.630. The third kappa shape index (κ3) is 1.89. The van der Waals surface area contributed by atoms with Crippen molar-refractivity contribution in [3.8, 4) is 0 Å². The standard InChI is InChI=1S/C12H18N4/c13-7-9-5-6-16(8-9)12-4-3-11(14-15-12)10-1-2-10/h3-4,9-10H,1-2,5-8,13H2. The molecule has 1 aliphatic heterocycles. The molecule has 1 aliphatic carbocycles. The molecular weight excluding hydrogens is 200 g/mol. The average Bonchev–Trinajstić information content (AvgIpc) is 3.07. The van der Waals surface area contributed by atoms with Gasteiger partial charge in [0.25, 0.3) is 0 Å². The Morgan fingerprint density at radius 2 is 2.12 bits per heavy atom. The van der Waals surface area contributed by atoms with Crippen LogP contribution in [-0.4, -0.2) is 29.8 Å². The lowest BCUT2D eigenvalue weighted by Crippen LogP contribution is -2.23. The first-order chi connectivity index (χ1) is 7.86. The second kappa shape index (κ2) is 4.01. The van der Waals surface area contributed by atoms with Crippen LogP contribution < -0.4 is 10.6 Å². The molecule has 16 heavy (non-hydrogen) atoms. The molecule has 2 N–H and O–H groups in total. The fourth-order valence-electron chi connectivity index (χ4n) is 2.33. The van der Waals surface area contributed by atoms with Crippen LogP contribution in [-0.2, 0) is 0 Å². The maximum Gasteiger partial charge on any atom is 0.151 e. The van der Waals surface area contributed by atoms with Crippen molar-refractivity contribution < 1.29 is 0 Å². The summed E-state index contributed by atoms with van der Waals surface area (Å²) >= 11 is 0. The molecule has 2 fully saturated rings. The van der Waals surface area contributed by atoms with Gasteiger partial charge in [-0.15, -0.1) is 5.10 Å². The van der Waals surface area contributed by atoms with Crippen LogP contribution in [0.1, 0.15) is 30.9 Å². The van der Waals surface area contributed by atoms with E-state index in [1.165, 1.54) is 25.0 Å². The third-order valence-electron chi connectivity index (χ3n) is 3.61. The van der Waals surface area contributed by atoms with Gasteiger partial charge < -0.3 is 10.6 Å². The molecule has 1 aromatic heterocycles. The smallest absolute Gasteiger partial charge is 0.151 e. The van der Waals surface area contributed by atoms with Gasteiger partial charge in [-0.1, -0.05) is 0 Å². The number of hydrogen-bond donors (Lipinski definition) is 1. The fourth-order valence-corrected chi connectivity index (χ4v) is 2.33. The SMILES string of the molecule is NCC1CCN(c2ccc(C3CC3)nn2)C1. The topological polar surface area (TPSA) is 55.0 Å². The molecule has 86 valence electrons. The van der Waals surface area contributed by atoms with Gasteiger partial charge in [-0.05, 0) is 43.9 Å². The van der Waals surface area contributed by atoms with Gasteiger partial charge in [-0.3, -0.25) is 0 Å². The molecule has 0 aromatic carbocycles. The van der Waals surface area contributed by atoms with E-state index in [2.05, 4.69) is 27.2 Å². The molecule has 1 unspecified atom stereocenters. The van der Waals surface area contributed by atoms with Gasteiger partial charge in [-0.2, -0.15) is 5.10 Å². The van der Waals surface area contributed by atoms with Crippen LogP contribution in [0.25, 0.3) is 0 Å². The van der Waals surface area contributed by atoms with E-state index < -0.39 is 0 Å². The molecule has 2 heterocycles. The molecule has 1 aromatic rings. The number of anilines is 1. The first-order valence-electron chi connectivity index (χ1n) is 6.15. The quantitative estimate of drug-likeness (QED) is 0.826. The first-order valence-corrected chi connectivity index (χ1v) is 6.15. The van der Waals surface area contributed by atoms with Crippen molar-refractivity contribution in [1.29, 1.82) is 0 Å². The number of aromatic nitrogens is 2. The van der Waals surface area contributed by atoms with Crippen LogP contribution in [0.4, 0.5) is 5.82 Å². The Bertz CT molecular complexity index is 358. The van der Waals surface area contributed by atoms with Gasteiger partial charge in [0.15, 0.2) is 5.82 Å². The fraction of sp³-hybridized carbons (Fsp3) is 0.667. The van der Waals surface area contributed by atoms with Crippen LogP contribution in [0.5, 0.6) is 0 Å². The summed E-state index contributed by atoms with van der Waals surface area (Å²) in [6.07, 6.45) is 3.75. The minimum absolute atomic E-state index is 0.630. The maximum atomic E-state index is 5.68. The average molecular weight is 218 g/mol. The summed E-state index contributed by atoms with van der Waals surface area (Å²) in [7, 11) is 0. The summed E-state index contributed by atoms with van der Waals surface area (Å²) < 4.78 is 0. The highest BCUT2D eigenvalue weighted by molar-refractivity contribution is 5.39. The van der Waals surface area contributed by atoms with Crippen molar-refractivity contribution in [2.45, 2.75) is 25.2 Å². The highest BCUT2D eigenvalue weighted by Gasteiger charge is 2.26. The molecule has 1 saturated heterocycles. The predicted octanol–water partition coefficient (Wildman–Crippen LogP) is 1.14. The summed E-state index contributed by atoms with van der Waals surface area (Å²) in [4.78, 5) is 2.29. The lowest BCUT2D eigenvalue weighted by atomic mass is 10.1. The van der Waals surface area contributed by atoms with Crippen molar-refractivity contribution in [2.75, 3.05) is 24.5 Å². The summed E-state index contributed by atoms with van der Waals surface area (Å²) in [5, 5.41) is 8.64. The Morgan fingerprint density at radius 1 is 1.25 bits per heavy atom. The van der Waals surface area contributed by atoms with Crippen molar-refractivity contribution in [2.24, 2.45) is 11.7 Å². The van der Waals surface area contributed by atoms with Crippen LogP contribution in [0.3, 0.4) is 0 Å². The first kappa shape index (κ1) is 10.0. The van der Waals surface area contributed by atoms with E-state index in [4.69, 9.17) is 5.73 Å². The number of rotatable bonds is 3. The molecule has 0 spiro atoms. The van der Waals surface area contributed by atoms with E-state index in [0.717, 1.165) is 25.5 Å². The predicted molar refractivity (Wildman–Crippen MR) is 63.4 cm³/mol. The lowest BCUT2D eigenvalue weighted by Gasteiger charge is -2.16. The second-order valence-corrected chi connectivity index (χ2v) is 4.93. The monoisotopic (exact) mass is 218 g/mol. The van der Waals surface area contributed by atoms with Gasteiger partial charge in [0.05, 0.1) is 5.69 Å². The third-order valence-corrected chi connectivity index (χ3v) is 3.61. The summed E-state index contributed by atoms with van der Waals surface area (Å²) in [5.41, 5.74) is 6.85. The van der Waals surface area contributed by atoms with Crippen molar-refractivity contribution >= 4 is 5.82 Å². The Kier molecular flexibility index (Phi) is 2.52. The molecule has 3 rings (SSSR count). The Morgan fingerprint density at radius 3 is 2.69 bits per heavy atom. The van der Waals surface area contributed by atoms with Gasteiger partial charge in [0.1, 0.15) is 0 Å². The van der Waals surface area contributed by atoms with E-state index in [-0.39, 0.29) is 0 Å². The van der Waals surface area contributed by atoms with E-state index in [1.54, 1.807) is 0 Å². The minimum Gasteiger partial charge on any atom is -0.355 e. The molecule has 4 nitrogen and oxygen atoms in total. The van der Waals surface area contributed by atoms with Crippen LogP contribution in [0.15, 0.2) is 12.1 Å². The van der Waals surface area contributed by atoms with Crippen LogP contribution >= 0.6 is 0 Å². The van der Waals surface area contributed by atoms with Crippen molar-refractivity contribution in [3.05, 3.63) is 17.8 Å². The van der Waals surface area contributed by atoms with E-state index in [0.29, 0.717) is 11.8 Å². The van der Waals surface area contributed by atoms with E-state index in [9.17, 15) is 0 Å². The Hall–Kier alpha value is -1.16. The highest BCUT2D eigenvalue weighted by Crippen LogP contribution is 2.38. The molecular formula is C12H18N4. The van der Waals surface area contributed by atoms with Crippen LogP contribution in [0, 0.1) is 5.92 Å². The second-order valence-electron chi connectivity index (χ2n) is 4.93. The van der Waals surface area contributed by atoms with Gasteiger partial charge >= 0.3 is 0 Å². The normalized spacial score (nSPS) is 25.1. The number of hydrogen-bond acceptors (Lipinski definition) is 4. The Balaban J connectivity index is 1.69. The summed E-state index contributed by atoms with van der Waals surface area (Å²) in [6, 6.07) is 4.25. The molecule has 0 bridgehead atoms. The van der Waals surface area contributed by atoms with E-state index >= 15 is 0 Å². The van der Waals surface area contributed by atoms with Gasteiger partial charge in [0, 0.05) is 19.0 Å². The highest BCUT2D eigenvalue weighted by atomic mass is 15.3. The number of nitrogens with zero attached hydrogens (tertiary/aromatic N) is 3. The van der Waals surface area contributed by atoms with Gasteiger partial charge in [0.2, 0.25) is 0 Å². The number of nitrogens with two attached hydrogens (primary N) is 1. The zero-order valence-electron chi connectivity index (χ0n) is 9.47. The molecule has 0 radical (unpaired) electrons. The molecule has 4 heteroatoms. The van der Waals surface area contributed by atoms with Gasteiger partial charge in [-0.25, -0.2) is 0 Å². The Labute approximate surface area is 95.8 Å². The largest absolute Gasteiger partial charge is 0.355 e. The van der Waals surface area contributed by atoms with Crippen molar-refractivity contribution in [1.82, 2.24) is 10.2 Å². The zero-order valence-corrected chi connectivity index (χ0v) is 9.47. The summed E-state index contributed by atoms with van der Waals surface area (Å²) in [5.74, 6) is 2.34. The maximum absolute atomic E-state index is 5.68.